The van der Waals surface area contributed by atoms with E-state index in [1.165, 1.54) is 12.3 Å². The van der Waals surface area contributed by atoms with E-state index in [1.807, 2.05) is 0 Å². The minimum absolute atomic E-state index is 0.120. The summed E-state index contributed by atoms with van der Waals surface area (Å²) in [6.45, 7) is 7.49. The Labute approximate surface area is 118 Å². The Morgan fingerprint density at radius 1 is 1.40 bits per heavy atom. The molecule has 0 fully saturated rings. The number of benzene rings is 1. The van der Waals surface area contributed by atoms with Crippen LogP contribution in [0.4, 0.5) is 4.39 Å². The summed E-state index contributed by atoms with van der Waals surface area (Å²) in [7, 11) is 0. The molecule has 0 aliphatic heterocycles. The molecule has 1 N–H and O–H groups in total. The number of nitrogens with one attached hydrogen (secondary N) is 1. The van der Waals surface area contributed by atoms with Gasteiger partial charge in [0.15, 0.2) is 0 Å². The average Bonchev–Trinajstić information content (AvgIpc) is 2.81. The Bertz CT molecular complexity index is 567. The molecule has 5 heteroatoms. The summed E-state index contributed by atoms with van der Waals surface area (Å²) in [5.74, 6) is 0.637. The molecule has 2 rings (SSSR count). The number of rotatable bonds is 6. The quantitative estimate of drug-likeness (QED) is 0.876. The summed E-state index contributed by atoms with van der Waals surface area (Å²) in [5, 5.41) is 3.26. The number of nitrogens with zero attached hydrogens (tertiary/aromatic N) is 1. The molecular formula is C15H19FN2O2. The fraction of sp³-hybridized carbons (Fsp3) is 0.400. The highest BCUT2D eigenvalue weighted by Gasteiger charge is 2.08. The third kappa shape index (κ3) is 4.06. The Balaban J connectivity index is 1.93. The Morgan fingerprint density at radius 2 is 2.20 bits per heavy atom. The van der Waals surface area contributed by atoms with Crippen LogP contribution in [0.25, 0.3) is 0 Å². The van der Waals surface area contributed by atoms with E-state index in [1.54, 1.807) is 19.1 Å². The number of oxazole rings is 1. The van der Waals surface area contributed by atoms with Crippen molar-refractivity contribution in [3.8, 4) is 11.8 Å². The van der Waals surface area contributed by atoms with Crippen molar-refractivity contribution < 1.29 is 13.5 Å². The van der Waals surface area contributed by atoms with E-state index in [0.29, 0.717) is 23.8 Å². The molecule has 2 aromatic rings. The predicted molar refractivity (Wildman–Crippen MR) is 74.3 cm³/mol. The van der Waals surface area contributed by atoms with Crippen LogP contribution in [-0.4, -0.2) is 11.5 Å². The van der Waals surface area contributed by atoms with Crippen LogP contribution in [0.15, 0.2) is 28.9 Å². The van der Waals surface area contributed by atoms with Gasteiger partial charge in [0.2, 0.25) is 0 Å². The van der Waals surface area contributed by atoms with Gasteiger partial charge in [0, 0.05) is 12.6 Å². The van der Waals surface area contributed by atoms with E-state index in [0.717, 1.165) is 12.2 Å². The van der Waals surface area contributed by atoms with E-state index in [9.17, 15) is 4.39 Å². The number of aromatic nitrogens is 1. The second-order valence-electron chi connectivity index (χ2n) is 5.14. The lowest BCUT2D eigenvalue weighted by atomic mass is 10.2. The van der Waals surface area contributed by atoms with Gasteiger partial charge in [-0.2, -0.15) is 4.98 Å². The van der Waals surface area contributed by atoms with Gasteiger partial charge in [0.25, 0.3) is 0 Å². The fourth-order valence-electron chi connectivity index (χ4n) is 1.64. The van der Waals surface area contributed by atoms with Crippen LogP contribution >= 0.6 is 0 Å². The lowest BCUT2D eigenvalue weighted by Gasteiger charge is -2.04. The largest absolute Gasteiger partial charge is 0.417 e. The third-order valence-corrected chi connectivity index (χ3v) is 2.74. The smallest absolute Gasteiger partial charge is 0.399 e. The SMILES string of the molecule is Cc1ccc(Oc2nc(CNCC(C)C)co2)cc1F. The van der Waals surface area contributed by atoms with E-state index in [4.69, 9.17) is 9.15 Å². The number of aryl methyl sites for hydroxylation is 1. The van der Waals surface area contributed by atoms with E-state index in [-0.39, 0.29) is 11.9 Å². The lowest BCUT2D eigenvalue weighted by Crippen LogP contribution is -2.19. The van der Waals surface area contributed by atoms with Crippen LogP contribution in [0.1, 0.15) is 25.1 Å². The Kier molecular flexibility index (Phi) is 4.74. The third-order valence-electron chi connectivity index (χ3n) is 2.74. The van der Waals surface area contributed by atoms with Crippen LogP contribution in [0.5, 0.6) is 11.8 Å². The van der Waals surface area contributed by atoms with Crippen molar-refractivity contribution in [2.45, 2.75) is 27.3 Å². The molecule has 108 valence electrons. The first-order valence-electron chi connectivity index (χ1n) is 6.63. The van der Waals surface area contributed by atoms with E-state index >= 15 is 0 Å². The zero-order chi connectivity index (χ0) is 14.5. The molecule has 0 bridgehead atoms. The van der Waals surface area contributed by atoms with Crippen molar-refractivity contribution in [3.63, 3.8) is 0 Å². The van der Waals surface area contributed by atoms with Crippen molar-refractivity contribution in [2.24, 2.45) is 5.92 Å². The molecule has 1 aromatic carbocycles. The molecule has 20 heavy (non-hydrogen) atoms. The normalized spacial score (nSPS) is 11.1. The van der Waals surface area contributed by atoms with Gasteiger partial charge in [-0.15, -0.1) is 0 Å². The van der Waals surface area contributed by atoms with Crippen molar-refractivity contribution in [2.75, 3.05) is 6.54 Å². The minimum Gasteiger partial charge on any atom is -0.417 e. The first-order chi connectivity index (χ1) is 9.54. The molecule has 0 saturated carbocycles. The molecule has 0 spiro atoms. The maximum absolute atomic E-state index is 13.4. The molecule has 0 saturated heterocycles. The summed E-state index contributed by atoms with van der Waals surface area (Å²) in [6.07, 6.45) is 1.65. The molecule has 0 atom stereocenters. The van der Waals surface area contributed by atoms with E-state index < -0.39 is 0 Å². The van der Waals surface area contributed by atoms with Crippen LogP contribution in [0.3, 0.4) is 0 Å². The molecule has 1 heterocycles. The highest BCUT2D eigenvalue weighted by Crippen LogP contribution is 2.22. The highest BCUT2D eigenvalue weighted by molar-refractivity contribution is 5.29. The minimum atomic E-state index is -0.312. The van der Waals surface area contributed by atoms with Gasteiger partial charge in [-0.1, -0.05) is 19.9 Å². The number of ether oxygens (including phenoxy) is 1. The lowest BCUT2D eigenvalue weighted by molar-refractivity contribution is 0.329. The summed E-state index contributed by atoms with van der Waals surface area (Å²) in [5.41, 5.74) is 1.33. The Hall–Kier alpha value is -1.88. The second-order valence-corrected chi connectivity index (χ2v) is 5.14. The maximum atomic E-state index is 13.4. The zero-order valence-corrected chi connectivity index (χ0v) is 11.9. The van der Waals surface area contributed by atoms with Gasteiger partial charge in [-0.05, 0) is 31.0 Å². The van der Waals surface area contributed by atoms with Gasteiger partial charge in [0.1, 0.15) is 17.8 Å². The van der Waals surface area contributed by atoms with Crippen LogP contribution in [0, 0.1) is 18.7 Å². The van der Waals surface area contributed by atoms with Crippen LogP contribution in [0.2, 0.25) is 0 Å². The first-order valence-corrected chi connectivity index (χ1v) is 6.63. The van der Waals surface area contributed by atoms with Crippen molar-refractivity contribution in [3.05, 3.63) is 41.5 Å². The molecular weight excluding hydrogens is 259 g/mol. The molecule has 0 radical (unpaired) electrons. The molecule has 0 aliphatic rings. The first kappa shape index (κ1) is 14.5. The maximum Gasteiger partial charge on any atom is 0.399 e. The Morgan fingerprint density at radius 3 is 2.90 bits per heavy atom. The summed E-state index contributed by atoms with van der Waals surface area (Å²) >= 11 is 0. The number of halogens is 1. The molecule has 4 nitrogen and oxygen atoms in total. The zero-order valence-electron chi connectivity index (χ0n) is 11.9. The second kappa shape index (κ2) is 6.52. The van der Waals surface area contributed by atoms with Gasteiger partial charge >= 0.3 is 6.08 Å². The molecule has 0 aliphatic carbocycles. The van der Waals surface area contributed by atoms with Crippen molar-refractivity contribution >= 4 is 0 Å². The average molecular weight is 278 g/mol. The monoisotopic (exact) mass is 278 g/mol. The topological polar surface area (TPSA) is 47.3 Å². The predicted octanol–water partition coefficient (Wildman–Crippen LogP) is 3.66. The summed E-state index contributed by atoms with van der Waals surface area (Å²) in [4.78, 5) is 4.18. The summed E-state index contributed by atoms with van der Waals surface area (Å²) in [6, 6.07) is 4.65. The molecule has 1 aromatic heterocycles. The number of hydrogen-bond acceptors (Lipinski definition) is 4. The van der Waals surface area contributed by atoms with Crippen LogP contribution in [-0.2, 0) is 6.54 Å². The van der Waals surface area contributed by atoms with Gasteiger partial charge in [-0.3, -0.25) is 0 Å². The van der Waals surface area contributed by atoms with Crippen molar-refractivity contribution in [1.82, 2.24) is 10.3 Å². The van der Waals surface area contributed by atoms with Gasteiger partial charge in [-0.25, -0.2) is 4.39 Å². The fourth-order valence-corrected chi connectivity index (χ4v) is 1.64. The van der Waals surface area contributed by atoms with Crippen LogP contribution < -0.4 is 10.1 Å². The van der Waals surface area contributed by atoms with E-state index in [2.05, 4.69) is 24.1 Å². The molecule has 0 amide bonds. The molecule has 0 unspecified atom stereocenters. The summed E-state index contributed by atoms with van der Waals surface area (Å²) < 4.78 is 24.0. The van der Waals surface area contributed by atoms with Crippen molar-refractivity contribution in [1.29, 1.82) is 0 Å². The standard InChI is InChI=1S/C15H19FN2O2/c1-10(2)7-17-8-12-9-19-15(18-12)20-13-5-4-11(3)14(16)6-13/h4-6,9-10,17H,7-8H2,1-3H3. The number of hydrogen-bond donors (Lipinski definition) is 1. The highest BCUT2D eigenvalue weighted by atomic mass is 19.1. The van der Waals surface area contributed by atoms with Gasteiger partial charge < -0.3 is 14.5 Å². The van der Waals surface area contributed by atoms with Gasteiger partial charge in [0.05, 0.1) is 5.69 Å².